The number of rotatable bonds is 3. The maximum absolute atomic E-state index is 10.2. The van der Waals surface area contributed by atoms with E-state index in [2.05, 4.69) is 18.1 Å². The first kappa shape index (κ1) is 10.4. The van der Waals surface area contributed by atoms with Gasteiger partial charge in [-0.25, -0.2) is 0 Å². The van der Waals surface area contributed by atoms with E-state index < -0.39 is 6.10 Å². The van der Waals surface area contributed by atoms with Crippen LogP contribution in [0, 0.1) is 0 Å². The van der Waals surface area contributed by atoms with E-state index in [9.17, 15) is 5.11 Å². The average molecular weight is 222 g/mol. The lowest BCUT2D eigenvalue weighted by Crippen LogP contribution is -1.98. The van der Waals surface area contributed by atoms with Crippen LogP contribution in [0.5, 0.6) is 0 Å². The fourth-order valence-electron chi connectivity index (χ4n) is 1.61. The first-order valence-electron chi connectivity index (χ1n) is 4.95. The molecule has 0 radical (unpaired) electrons. The Bertz CT molecular complexity index is 447. The van der Waals surface area contributed by atoms with Crippen molar-refractivity contribution in [2.24, 2.45) is 7.05 Å². The lowest BCUT2D eigenvalue weighted by atomic mass is 10.1. The van der Waals surface area contributed by atoms with Crippen molar-refractivity contribution in [3.8, 4) is 0 Å². The van der Waals surface area contributed by atoms with Crippen molar-refractivity contribution in [3.05, 3.63) is 39.8 Å². The third-order valence-corrected chi connectivity index (χ3v) is 3.46. The number of hydrogen-bond donors (Lipinski definition) is 1. The van der Waals surface area contributed by atoms with Gasteiger partial charge in [0, 0.05) is 23.7 Å². The Morgan fingerprint density at radius 3 is 3.00 bits per heavy atom. The van der Waals surface area contributed by atoms with Crippen LogP contribution in [0.2, 0.25) is 0 Å². The molecule has 0 bridgehead atoms. The predicted octanol–water partition coefficient (Wildman–Crippen LogP) is 2.13. The molecule has 0 spiro atoms. The third-order valence-electron chi connectivity index (χ3n) is 2.45. The Hall–Kier alpha value is -1.13. The number of aliphatic hydroxyl groups excluding tert-OH is 1. The Morgan fingerprint density at radius 2 is 2.40 bits per heavy atom. The Morgan fingerprint density at radius 1 is 1.60 bits per heavy atom. The van der Waals surface area contributed by atoms with Gasteiger partial charge in [0.25, 0.3) is 0 Å². The summed E-state index contributed by atoms with van der Waals surface area (Å²) in [5.74, 6) is 0. The SMILES string of the molecule is CCc1ccsc1C(O)c1cnn(C)c1. The molecule has 0 aliphatic heterocycles. The molecule has 0 aliphatic rings. The van der Waals surface area contributed by atoms with Crippen LogP contribution < -0.4 is 0 Å². The smallest absolute Gasteiger partial charge is 0.116 e. The summed E-state index contributed by atoms with van der Waals surface area (Å²) in [5.41, 5.74) is 2.08. The van der Waals surface area contributed by atoms with E-state index in [1.807, 2.05) is 18.6 Å². The predicted molar refractivity (Wildman–Crippen MR) is 61.0 cm³/mol. The molecule has 0 saturated carbocycles. The van der Waals surface area contributed by atoms with Gasteiger partial charge in [0.1, 0.15) is 6.10 Å². The number of aromatic nitrogens is 2. The molecule has 1 unspecified atom stereocenters. The van der Waals surface area contributed by atoms with Crippen molar-refractivity contribution in [2.45, 2.75) is 19.4 Å². The van der Waals surface area contributed by atoms with Gasteiger partial charge in [0.15, 0.2) is 0 Å². The molecule has 0 aliphatic carbocycles. The summed E-state index contributed by atoms with van der Waals surface area (Å²) >= 11 is 1.60. The standard InChI is InChI=1S/C11H14N2OS/c1-3-8-4-5-15-11(8)10(14)9-6-12-13(2)7-9/h4-7,10,14H,3H2,1-2H3. The minimum Gasteiger partial charge on any atom is -0.383 e. The summed E-state index contributed by atoms with van der Waals surface area (Å²) in [6, 6.07) is 2.07. The van der Waals surface area contributed by atoms with Crippen molar-refractivity contribution in [1.29, 1.82) is 0 Å². The van der Waals surface area contributed by atoms with E-state index in [-0.39, 0.29) is 0 Å². The summed E-state index contributed by atoms with van der Waals surface area (Å²) in [4.78, 5) is 1.03. The molecule has 2 heterocycles. The Labute approximate surface area is 93.0 Å². The van der Waals surface area contributed by atoms with Gasteiger partial charge in [0.2, 0.25) is 0 Å². The summed E-state index contributed by atoms with van der Waals surface area (Å²) in [6.45, 7) is 2.10. The van der Waals surface area contributed by atoms with Crippen LogP contribution in [0.3, 0.4) is 0 Å². The van der Waals surface area contributed by atoms with Crippen molar-refractivity contribution in [1.82, 2.24) is 9.78 Å². The molecule has 2 rings (SSSR count). The second kappa shape index (κ2) is 4.16. The zero-order valence-corrected chi connectivity index (χ0v) is 9.66. The highest BCUT2D eigenvalue weighted by molar-refractivity contribution is 7.10. The molecule has 2 aromatic rings. The summed E-state index contributed by atoms with van der Waals surface area (Å²) < 4.78 is 1.71. The fraction of sp³-hybridized carbons (Fsp3) is 0.364. The molecule has 1 N–H and O–H groups in total. The van der Waals surface area contributed by atoms with Gasteiger partial charge in [-0.3, -0.25) is 4.68 Å². The summed E-state index contributed by atoms with van der Waals surface area (Å²) in [5, 5.41) is 16.2. The van der Waals surface area contributed by atoms with Crippen LogP contribution in [0.4, 0.5) is 0 Å². The van der Waals surface area contributed by atoms with Gasteiger partial charge in [-0.2, -0.15) is 5.10 Å². The fourth-order valence-corrected chi connectivity index (χ4v) is 2.62. The van der Waals surface area contributed by atoms with Gasteiger partial charge in [-0.15, -0.1) is 11.3 Å². The van der Waals surface area contributed by atoms with Gasteiger partial charge in [0.05, 0.1) is 6.20 Å². The van der Waals surface area contributed by atoms with Crippen LogP contribution >= 0.6 is 11.3 Å². The summed E-state index contributed by atoms with van der Waals surface area (Å²) in [6.07, 6.45) is 3.98. The van der Waals surface area contributed by atoms with Crippen molar-refractivity contribution < 1.29 is 5.11 Å². The Kier molecular flexibility index (Phi) is 2.88. The van der Waals surface area contributed by atoms with Crippen LogP contribution in [0.25, 0.3) is 0 Å². The number of thiophene rings is 1. The number of aryl methyl sites for hydroxylation is 2. The monoisotopic (exact) mass is 222 g/mol. The summed E-state index contributed by atoms with van der Waals surface area (Å²) in [7, 11) is 1.85. The maximum Gasteiger partial charge on any atom is 0.116 e. The second-order valence-electron chi connectivity index (χ2n) is 3.51. The number of nitrogens with zero attached hydrogens (tertiary/aromatic N) is 2. The van der Waals surface area contributed by atoms with Crippen LogP contribution in [0.1, 0.15) is 29.0 Å². The lowest BCUT2D eigenvalue weighted by molar-refractivity contribution is 0.223. The largest absolute Gasteiger partial charge is 0.383 e. The van der Waals surface area contributed by atoms with Gasteiger partial charge in [-0.05, 0) is 23.4 Å². The van der Waals surface area contributed by atoms with Crippen molar-refractivity contribution >= 4 is 11.3 Å². The van der Waals surface area contributed by atoms with E-state index in [1.165, 1.54) is 5.56 Å². The minimum absolute atomic E-state index is 0.534. The third kappa shape index (κ3) is 1.96. The molecule has 3 nitrogen and oxygen atoms in total. The topological polar surface area (TPSA) is 38.1 Å². The maximum atomic E-state index is 10.2. The van der Waals surface area contributed by atoms with Gasteiger partial charge >= 0.3 is 0 Å². The first-order valence-corrected chi connectivity index (χ1v) is 5.83. The van der Waals surface area contributed by atoms with Crippen molar-refractivity contribution in [3.63, 3.8) is 0 Å². The lowest BCUT2D eigenvalue weighted by Gasteiger charge is -2.08. The van der Waals surface area contributed by atoms with Crippen LogP contribution in [-0.2, 0) is 13.5 Å². The molecule has 80 valence electrons. The second-order valence-corrected chi connectivity index (χ2v) is 4.46. The molecular formula is C11H14N2OS. The van der Waals surface area contributed by atoms with Crippen molar-refractivity contribution in [2.75, 3.05) is 0 Å². The molecular weight excluding hydrogens is 208 g/mol. The molecule has 0 amide bonds. The molecule has 1 atom stereocenters. The van der Waals surface area contributed by atoms with Gasteiger partial charge in [-0.1, -0.05) is 6.92 Å². The quantitative estimate of drug-likeness (QED) is 0.864. The van der Waals surface area contributed by atoms with Gasteiger partial charge < -0.3 is 5.11 Å². The molecule has 4 heteroatoms. The molecule has 15 heavy (non-hydrogen) atoms. The van der Waals surface area contributed by atoms with E-state index in [0.717, 1.165) is 16.9 Å². The zero-order valence-electron chi connectivity index (χ0n) is 8.84. The minimum atomic E-state index is -0.534. The average Bonchev–Trinajstić information content (AvgIpc) is 2.84. The van der Waals surface area contributed by atoms with Crippen LogP contribution in [-0.4, -0.2) is 14.9 Å². The molecule has 0 saturated heterocycles. The highest BCUT2D eigenvalue weighted by atomic mass is 32.1. The van der Waals surface area contributed by atoms with E-state index >= 15 is 0 Å². The van der Waals surface area contributed by atoms with Crippen LogP contribution in [0.15, 0.2) is 23.8 Å². The van der Waals surface area contributed by atoms with E-state index in [0.29, 0.717) is 0 Å². The van der Waals surface area contributed by atoms with E-state index in [1.54, 1.807) is 22.2 Å². The molecule has 0 aromatic carbocycles. The number of hydrogen-bond acceptors (Lipinski definition) is 3. The molecule has 0 fully saturated rings. The number of aliphatic hydroxyl groups is 1. The normalized spacial score (nSPS) is 13.0. The van der Waals surface area contributed by atoms with E-state index in [4.69, 9.17) is 0 Å². The highest BCUT2D eigenvalue weighted by Crippen LogP contribution is 2.29. The first-order chi connectivity index (χ1) is 7.22. The zero-order chi connectivity index (χ0) is 10.8. The Balaban J connectivity index is 2.31. The highest BCUT2D eigenvalue weighted by Gasteiger charge is 2.16. The molecule has 2 aromatic heterocycles.